The zero-order chi connectivity index (χ0) is 25.2. The molecule has 0 aliphatic heterocycles. The molecule has 0 atom stereocenters. The van der Waals surface area contributed by atoms with Gasteiger partial charge in [-0.2, -0.15) is 5.10 Å². The largest absolute Gasteiger partial charge is 0.323 e. The number of hydrogen-bond donors (Lipinski definition) is 2. The minimum absolute atomic E-state index is 0.0107. The third kappa shape index (κ3) is 4.62. The number of amides is 2. The van der Waals surface area contributed by atoms with Crippen LogP contribution in [0.2, 0.25) is 0 Å². The number of ketones is 1. The smallest absolute Gasteiger partial charge is 0.308 e. The van der Waals surface area contributed by atoms with E-state index in [2.05, 4.69) is 25.7 Å². The number of urea groups is 1. The minimum Gasteiger partial charge on any atom is -0.308 e. The van der Waals surface area contributed by atoms with Crippen LogP contribution in [0.5, 0.6) is 0 Å². The molecule has 11 heteroatoms. The molecule has 2 heterocycles. The quantitative estimate of drug-likeness (QED) is 0.335. The summed E-state index contributed by atoms with van der Waals surface area (Å²) in [5.41, 5.74) is 0.951. The minimum atomic E-state index is -1.13. The monoisotopic (exact) mass is 488 g/mol. The molecule has 5 aromatic rings. The summed E-state index contributed by atoms with van der Waals surface area (Å²) in [7, 11) is 0. The first-order valence-corrected chi connectivity index (χ1v) is 10.5. The van der Waals surface area contributed by atoms with Crippen molar-refractivity contribution in [3.63, 3.8) is 0 Å². The number of benzene rings is 3. The van der Waals surface area contributed by atoms with Gasteiger partial charge in [0.25, 0.3) is 0 Å². The van der Waals surface area contributed by atoms with E-state index in [4.69, 9.17) is 0 Å². The van der Waals surface area contributed by atoms with Gasteiger partial charge in [0.1, 0.15) is 5.82 Å². The van der Waals surface area contributed by atoms with Crippen LogP contribution in [0.15, 0.2) is 79.3 Å². The van der Waals surface area contributed by atoms with Gasteiger partial charge in [0, 0.05) is 35.4 Å². The fourth-order valence-corrected chi connectivity index (χ4v) is 3.46. The highest BCUT2D eigenvalue weighted by molar-refractivity contribution is 6.11. The SMILES string of the molecule is O=C(Nc1ccc(F)c(F)c1)Nc1ccc(F)c(C(=O)c2ccc3ncc(-n4cccn4)nc3c2)c1. The van der Waals surface area contributed by atoms with Gasteiger partial charge in [0.2, 0.25) is 0 Å². The van der Waals surface area contributed by atoms with Gasteiger partial charge in [-0.05, 0) is 54.6 Å². The van der Waals surface area contributed by atoms with Crippen molar-refractivity contribution in [2.24, 2.45) is 0 Å². The lowest BCUT2D eigenvalue weighted by Crippen LogP contribution is -2.20. The van der Waals surface area contributed by atoms with E-state index >= 15 is 0 Å². The van der Waals surface area contributed by atoms with Crippen molar-refractivity contribution in [2.45, 2.75) is 0 Å². The van der Waals surface area contributed by atoms with Crippen LogP contribution in [-0.4, -0.2) is 31.6 Å². The van der Waals surface area contributed by atoms with Crippen LogP contribution in [-0.2, 0) is 0 Å². The summed E-state index contributed by atoms with van der Waals surface area (Å²) < 4.78 is 42.5. The Hall–Kier alpha value is -5.06. The fraction of sp³-hybridized carbons (Fsp3) is 0. The molecule has 3 aromatic carbocycles. The van der Waals surface area contributed by atoms with Crippen LogP contribution in [0.1, 0.15) is 15.9 Å². The number of aromatic nitrogens is 4. The number of carbonyl (C=O) groups excluding carboxylic acids is 2. The van der Waals surface area contributed by atoms with E-state index in [1.54, 1.807) is 24.5 Å². The highest BCUT2D eigenvalue weighted by atomic mass is 19.2. The number of fused-ring (bicyclic) bond motifs is 1. The van der Waals surface area contributed by atoms with Crippen LogP contribution < -0.4 is 10.6 Å². The maximum Gasteiger partial charge on any atom is 0.323 e. The van der Waals surface area contributed by atoms with E-state index in [-0.39, 0.29) is 22.5 Å². The molecule has 2 aromatic heterocycles. The molecular weight excluding hydrogens is 473 g/mol. The second-order valence-electron chi connectivity index (χ2n) is 7.61. The third-order valence-electron chi connectivity index (χ3n) is 5.18. The van der Waals surface area contributed by atoms with Crippen molar-refractivity contribution in [3.05, 3.63) is 108 Å². The van der Waals surface area contributed by atoms with Crippen LogP contribution in [0, 0.1) is 17.5 Å². The number of anilines is 2. The molecule has 0 saturated heterocycles. The molecule has 0 radical (unpaired) electrons. The number of carbonyl (C=O) groups is 2. The predicted molar refractivity (Wildman–Crippen MR) is 125 cm³/mol. The van der Waals surface area contributed by atoms with Gasteiger partial charge in [-0.25, -0.2) is 27.6 Å². The number of nitrogens with zero attached hydrogens (tertiary/aromatic N) is 4. The van der Waals surface area contributed by atoms with E-state index in [1.165, 1.54) is 41.2 Å². The molecule has 0 aliphatic carbocycles. The van der Waals surface area contributed by atoms with Crippen molar-refractivity contribution in [3.8, 4) is 5.82 Å². The topological polar surface area (TPSA) is 102 Å². The first-order valence-electron chi connectivity index (χ1n) is 10.5. The number of rotatable bonds is 5. The van der Waals surface area contributed by atoms with Crippen molar-refractivity contribution in [2.75, 3.05) is 10.6 Å². The first-order chi connectivity index (χ1) is 17.4. The van der Waals surface area contributed by atoms with Crippen LogP contribution >= 0.6 is 0 Å². The van der Waals surface area contributed by atoms with Gasteiger partial charge < -0.3 is 10.6 Å². The molecule has 36 heavy (non-hydrogen) atoms. The molecule has 0 aliphatic rings. The zero-order valence-corrected chi connectivity index (χ0v) is 18.2. The van der Waals surface area contributed by atoms with Crippen molar-refractivity contribution in [1.82, 2.24) is 19.7 Å². The second-order valence-corrected chi connectivity index (χ2v) is 7.61. The summed E-state index contributed by atoms with van der Waals surface area (Å²) in [6.07, 6.45) is 4.83. The molecule has 0 fully saturated rings. The van der Waals surface area contributed by atoms with Crippen molar-refractivity contribution < 1.29 is 22.8 Å². The lowest BCUT2D eigenvalue weighted by molar-refractivity contribution is 0.103. The summed E-state index contributed by atoms with van der Waals surface area (Å²) in [6, 6.07) is 11.9. The fourth-order valence-electron chi connectivity index (χ4n) is 3.46. The molecule has 5 rings (SSSR count). The van der Waals surface area contributed by atoms with Gasteiger partial charge in [-0.3, -0.25) is 9.78 Å². The Bertz CT molecular complexity index is 1620. The lowest BCUT2D eigenvalue weighted by Gasteiger charge is -2.10. The van der Waals surface area contributed by atoms with Crippen molar-refractivity contribution >= 4 is 34.2 Å². The van der Waals surface area contributed by atoms with Gasteiger partial charge in [-0.15, -0.1) is 0 Å². The average molecular weight is 488 g/mol. The van der Waals surface area contributed by atoms with Gasteiger partial charge in [0.15, 0.2) is 23.2 Å². The normalized spacial score (nSPS) is 10.9. The maximum absolute atomic E-state index is 14.6. The lowest BCUT2D eigenvalue weighted by atomic mass is 10.0. The van der Waals surface area contributed by atoms with Gasteiger partial charge in [0.05, 0.1) is 22.8 Å². The summed E-state index contributed by atoms with van der Waals surface area (Å²) in [5.74, 6) is -3.16. The maximum atomic E-state index is 14.6. The molecule has 0 bridgehead atoms. The molecule has 178 valence electrons. The molecule has 0 unspecified atom stereocenters. The second kappa shape index (κ2) is 9.29. The van der Waals surface area contributed by atoms with Gasteiger partial charge >= 0.3 is 6.03 Å². The highest BCUT2D eigenvalue weighted by Gasteiger charge is 2.17. The van der Waals surface area contributed by atoms with E-state index in [0.29, 0.717) is 16.9 Å². The Labute approximate surface area is 201 Å². The molecule has 2 N–H and O–H groups in total. The molecule has 8 nitrogen and oxygen atoms in total. The summed E-state index contributed by atoms with van der Waals surface area (Å²) >= 11 is 0. The van der Waals surface area contributed by atoms with Crippen LogP contribution in [0.3, 0.4) is 0 Å². The Morgan fingerprint density at radius 2 is 1.56 bits per heavy atom. The van der Waals surface area contributed by atoms with E-state index in [1.807, 2.05) is 0 Å². The molecule has 0 saturated carbocycles. The summed E-state index contributed by atoms with van der Waals surface area (Å²) in [6.45, 7) is 0. The van der Waals surface area contributed by atoms with Crippen LogP contribution in [0.4, 0.5) is 29.3 Å². The first kappa shape index (κ1) is 22.7. The number of halogens is 3. The van der Waals surface area contributed by atoms with E-state index in [9.17, 15) is 22.8 Å². The number of hydrogen-bond acceptors (Lipinski definition) is 5. The molecular formula is C25H15F3N6O2. The van der Waals surface area contributed by atoms with E-state index in [0.717, 1.165) is 18.2 Å². The van der Waals surface area contributed by atoms with Gasteiger partial charge in [-0.1, -0.05) is 0 Å². The standard InChI is InChI=1S/C25H15F3N6O2/c26-18-5-3-15(31-25(36)32-16-4-6-19(27)20(28)12-16)11-17(18)24(35)14-2-7-21-22(10-14)33-23(13-29-21)34-9-1-8-30-34/h1-13H,(H2,31,32,36). The Morgan fingerprint density at radius 1 is 0.806 bits per heavy atom. The molecule has 0 spiro atoms. The van der Waals surface area contributed by atoms with E-state index < -0.39 is 29.3 Å². The predicted octanol–water partition coefficient (Wildman–Crippen LogP) is 5.11. The highest BCUT2D eigenvalue weighted by Crippen LogP contribution is 2.22. The Kier molecular flexibility index (Phi) is 5.87. The molecule has 2 amide bonds. The average Bonchev–Trinajstić information content (AvgIpc) is 3.41. The summed E-state index contributed by atoms with van der Waals surface area (Å²) in [5, 5.41) is 8.87. The summed E-state index contributed by atoms with van der Waals surface area (Å²) in [4.78, 5) is 34.1. The Morgan fingerprint density at radius 3 is 2.28 bits per heavy atom. The van der Waals surface area contributed by atoms with Crippen LogP contribution in [0.25, 0.3) is 16.9 Å². The van der Waals surface area contributed by atoms with Crippen molar-refractivity contribution in [1.29, 1.82) is 0 Å². The Balaban J connectivity index is 1.38. The zero-order valence-electron chi connectivity index (χ0n) is 18.2. The number of nitrogens with one attached hydrogen (secondary N) is 2. The third-order valence-corrected chi connectivity index (χ3v) is 5.18.